The average molecular weight is 324 g/mol. The van der Waals surface area contributed by atoms with Crippen LogP contribution in [0.25, 0.3) is 0 Å². The van der Waals surface area contributed by atoms with Crippen LogP contribution in [0.5, 0.6) is 0 Å². The lowest BCUT2D eigenvalue weighted by Crippen LogP contribution is -2.37. The van der Waals surface area contributed by atoms with Crippen LogP contribution in [-0.4, -0.2) is 43.3 Å². The number of aryl methyl sites for hydroxylation is 1. The van der Waals surface area contributed by atoms with Crippen molar-refractivity contribution in [2.75, 3.05) is 24.9 Å². The van der Waals surface area contributed by atoms with Crippen LogP contribution >= 0.6 is 0 Å². The van der Waals surface area contributed by atoms with Gasteiger partial charge >= 0.3 is 18.0 Å². The molecule has 1 aromatic carbocycles. The number of amides is 2. The molecule has 0 bridgehead atoms. The number of carbonyl (C=O) groups is 4. The fourth-order valence-corrected chi connectivity index (χ4v) is 1.71. The number of carboxylic acid groups (broad SMARTS) is 1. The normalized spacial score (nSPS) is 9.91. The van der Waals surface area contributed by atoms with Crippen molar-refractivity contribution >= 4 is 35.3 Å². The Balaban J connectivity index is 3.04. The van der Waals surface area contributed by atoms with Gasteiger partial charge in [0.2, 0.25) is 11.8 Å². The van der Waals surface area contributed by atoms with Gasteiger partial charge in [0.25, 0.3) is 0 Å². The van der Waals surface area contributed by atoms with Gasteiger partial charge < -0.3 is 19.9 Å². The molecule has 0 aromatic heterocycles. The Morgan fingerprint density at radius 3 is 2.09 bits per heavy atom. The van der Waals surface area contributed by atoms with Gasteiger partial charge in [-0.15, -0.1) is 0 Å². The summed E-state index contributed by atoms with van der Waals surface area (Å²) >= 11 is 0. The van der Waals surface area contributed by atoms with Crippen LogP contribution in [0, 0.1) is 12.8 Å². The number of benzene rings is 1. The lowest BCUT2D eigenvalue weighted by atomic mass is 10.1. The van der Waals surface area contributed by atoms with E-state index < -0.39 is 29.9 Å². The molecule has 2 amide bonds. The first-order chi connectivity index (χ1) is 10.8. The Kier molecular flexibility index (Phi) is 6.07. The molecule has 0 saturated carbocycles. The monoisotopic (exact) mass is 324 g/mol. The van der Waals surface area contributed by atoms with E-state index in [1.54, 1.807) is 13.0 Å². The molecule has 124 valence electrons. The van der Waals surface area contributed by atoms with Crippen LogP contribution < -0.4 is 10.6 Å². The minimum Gasteiger partial charge on any atom is -0.468 e. The number of methoxy groups -OCH3 is 2. The zero-order valence-electron chi connectivity index (χ0n) is 12.7. The number of carbonyl (C=O) groups excluding carboxylic acids is 3. The molecule has 0 aliphatic rings. The standard InChI is InChI=1S/C14H16N2O7/c1-7-4-5-8(15-14(20)21)6-9(7)16-11(17)10(12(18)22-2)13(19)23-3/h4-6,10,15H,1-3H3,(H,16,17)(H,20,21). The topological polar surface area (TPSA) is 131 Å². The summed E-state index contributed by atoms with van der Waals surface area (Å²) in [4.78, 5) is 45.9. The smallest absolute Gasteiger partial charge is 0.409 e. The molecular formula is C14H16N2O7. The number of hydrogen-bond acceptors (Lipinski definition) is 6. The molecule has 0 radical (unpaired) electrons. The first-order valence-electron chi connectivity index (χ1n) is 6.37. The van der Waals surface area contributed by atoms with Gasteiger partial charge in [-0.2, -0.15) is 0 Å². The van der Waals surface area contributed by atoms with Gasteiger partial charge in [-0.1, -0.05) is 6.07 Å². The summed E-state index contributed by atoms with van der Waals surface area (Å²) in [6.07, 6.45) is -1.27. The molecule has 0 heterocycles. The quantitative estimate of drug-likeness (QED) is 0.543. The summed E-state index contributed by atoms with van der Waals surface area (Å²) in [5.74, 6) is -4.85. The molecule has 0 spiro atoms. The first kappa shape index (κ1) is 18.0. The molecule has 9 heteroatoms. The highest BCUT2D eigenvalue weighted by Crippen LogP contribution is 2.21. The number of esters is 2. The largest absolute Gasteiger partial charge is 0.468 e. The van der Waals surface area contributed by atoms with Gasteiger partial charge in [0, 0.05) is 11.4 Å². The van der Waals surface area contributed by atoms with Gasteiger partial charge in [0.15, 0.2) is 0 Å². The molecule has 1 aromatic rings. The van der Waals surface area contributed by atoms with Gasteiger partial charge in [-0.25, -0.2) is 4.79 Å². The number of hydrogen-bond donors (Lipinski definition) is 3. The maximum atomic E-state index is 12.1. The van der Waals surface area contributed by atoms with Crippen LogP contribution in [0.4, 0.5) is 16.2 Å². The van der Waals surface area contributed by atoms with Gasteiger partial charge in [0.05, 0.1) is 14.2 Å². The first-order valence-corrected chi connectivity index (χ1v) is 6.37. The summed E-state index contributed by atoms with van der Waals surface area (Å²) in [5.41, 5.74) is 1.05. The second kappa shape index (κ2) is 7.78. The molecule has 1 rings (SSSR count). The highest BCUT2D eigenvalue weighted by molar-refractivity contribution is 6.18. The third-order valence-electron chi connectivity index (χ3n) is 2.88. The number of anilines is 2. The predicted molar refractivity (Wildman–Crippen MR) is 79.0 cm³/mol. The van der Waals surface area contributed by atoms with Crippen LogP contribution in [0.1, 0.15) is 5.56 Å². The summed E-state index contributed by atoms with van der Waals surface area (Å²) < 4.78 is 8.82. The van der Waals surface area contributed by atoms with Crippen LogP contribution in [0.15, 0.2) is 18.2 Å². The van der Waals surface area contributed by atoms with Gasteiger partial charge in [-0.05, 0) is 24.6 Å². The average Bonchev–Trinajstić information content (AvgIpc) is 2.49. The molecule has 0 fully saturated rings. The molecule has 0 saturated heterocycles. The Labute approximate surface area is 131 Å². The van der Waals surface area contributed by atoms with Gasteiger partial charge in [0.1, 0.15) is 0 Å². The van der Waals surface area contributed by atoms with Crippen molar-refractivity contribution in [2.24, 2.45) is 5.92 Å². The molecule has 9 nitrogen and oxygen atoms in total. The maximum absolute atomic E-state index is 12.1. The van der Waals surface area contributed by atoms with Crippen LogP contribution in [-0.2, 0) is 23.9 Å². The second-order valence-electron chi connectivity index (χ2n) is 4.43. The number of nitrogens with one attached hydrogen (secondary N) is 2. The van der Waals surface area contributed by atoms with Crippen molar-refractivity contribution < 1.29 is 33.8 Å². The van der Waals surface area contributed by atoms with E-state index in [1.165, 1.54) is 12.1 Å². The molecule has 0 aliphatic heterocycles. The number of rotatable bonds is 5. The van der Waals surface area contributed by atoms with Crippen molar-refractivity contribution in [1.82, 2.24) is 0 Å². The summed E-state index contributed by atoms with van der Waals surface area (Å²) in [7, 11) is 2.07. The molecule has 3 N–H and O–H groups in total. The van der Waals surface area contributed by atoms with E-state index in [0.29, 0.717) is 5.56 Å². The van der Waals surface area contributed by atoms with Crippen molar-refractivity contribution in [1.29, 1.82) is 0 Å². The van der Waals surface area contributed by atoms with E-state index in [4.69, 9.17) is 5.11 Å². The SMILES string of the molecule is COC(=O)C(C(=O)Nc1cc(NC(=O)O)ccc1C)C(=O)OC. The van der Waals surface area contributed by atoms with Gasteiger partial charge in [-0.3, -0.25) is 19.7 Å². The minimum absolute atomic E-state index is 0.214. The fourth-order valence-electron chi connectivity index (χ4n) is 1.71. The van der Waals surface area contributed by atoms with Crippen molar-refractivity contribution in [3.05, 3.63) is 23.8 Å². The van der Waals surface area contributed by atoms with Crippen molar-refractivity contribution in [3.63, 3.8) is 0 Å². The third kappa shape index (κ3) is 4.70. The maximum Gasteiger partial charge on any atom is 0.409 e. The summed E-state index contributed by atoms with van der Waals surface area (Å²) in [6, 6.07) is 4.41. The molecule has 0 unspecified atom stereocenters. The van der Waals surface area contributed by atoms with Crippen LogP contribution in [0.3, 0.4) is 0 Å². The lowest BCUT2D eigenvalue weighted by Gasteiger charge is -2.15. The highest BCUT2D eigenvalue weighted by Gasteiger charge is 2.36. The predicted octanol–water partition coefficient (Wildman–Crippen LogP) is 0.986. The summed E-state index contributed by atoms with van der Waals surface area (Å²) in [6.45, 7) is 1.66. The summed E-state index contributed by atoms with van der Waals surface area (Å²) in [5, 5.41) is 13.2. The Morgan fingerprint density at radius 1 is 1.04 bits per heavy atom. The Bertz CT molecular complexity index is 626. The van der Waals surface area contributed by atoms with Crippen LogP contribution in [0.2, 0.25) is 0 Å². The Hall–Kier alpha value is -3.10. The fraction of sp³-hybridized carbons (Fsp3) is 0.286. The molecular weight excluding hydrogens is 308 g/mol. The molecule has 23 heavy (non-hydrogen) atoms. The van der Waals surface area contributed by atoms with E-state index in [2.05, 4.69) is 20.1 Å². The highest BCUT2D eigenvalue weighted by atomic mass is 16.5. The van der Waals surface area contributed by atoms with Crippen molar-refractivity contribution in [2.45, 2.75) is 6.92 Å². The Morgan fingerprint density at radius 2 is 1.61 bits per heavy atom. The van der Waals surface area contributed by atoms with E-state index in [-0.39, 0.29) is 11.4 Å². The zero-order chi connectivity index (χ0) is 17.6. The zero-order valence-corrected chi connectivity index (χ0v) is 12.7. The molecule has 0 atom stereocenters. The second-order valence-corrected chi connectivity index (χ2v) is 4.43. The van der Waals surface area contributed by atoms with Crippen molar-refractivity contribution in [3.8, 4) is 0 Å². The van der Waals surface area contributed by atoms with E-state index in [9.17, 15) is 19.2 Å². The van der Waals surface area contributed by atoms with E-state index >= 15 is 0 Å². The number of ether oxygens (including phenoxy) is 2. The van der Waals surface area contributed by atoms with E-state index in [0.717, 1.165) is 14.2 Å². The third-order valence-corrected chi connectivity index (χ3v) is 2.88. The molecule has 0 aliphatic carbocycles. The lowest BCUT2D eigenvalue weighted by molar-refractivity contribution is -0.160. The van der Waals surface area contributed by atoms with E-state index in [1.807, 2.05) is 0 Å². The minimum atomic E-state index is -1.78.